The smallest absolute Gasteiger partial charge is 0.172 e. The average Bonchev–Trinajstić information content (AvgIpc) is 1.93. The molecule has 0 N–H and O–H groups in total. The molecule has 86 valence electrons. The van der Waals surface area contributed by atoms with Gasteiger partial charge in [0.05, 0.1) is 11.2 Å². The first-order chi connectivity index (χ1) is 6.69. The summed E-state index contributed by atoms with van der Waals surface area (Å²) in [5.74, 6) is -0.941. The number of ether oxygens (including phenoxy) is 3. The quantitative estimate of drug-likeness (QED) is 0.596. The molecule has 0 radical (unpaired) electrons. The molecule has 4 saturated heterocycles. The van der Waals surface area contributed by atoms with Crippen LogP contribution in [0.3, 0.4) is 0 Å². The van der Waals surface area contributed by atoms with E-state index in [2.05, 4.69) is 23.1 Å². The Morgan fingerprint density at radius 2 is 1.27 bits per heavy atom. The van der Waals surface area contributed by atoms with E-state index in [0.717, 1.165) is 12.8 Å². The van der Waals surface area contributed by atoms with Crippen molar-refractivity contribution >= 4 is 9.24 Å². The summed E-state index contributed by atoms with van der Waals surface area (Å²) in [5.41, 5.74) is 0.0463. The van der Waals surface area contributed by atoms with Gasteiger partial charge in [0, 0.05) is 18.5 Å². The van der Waals surface area contributed by atoms with Gasteiger partial charge in [0.1, 0.15) is 0 Å². The molecule has 0 aromatic rings. The largest absolute Gasteiger partial charge is 0.343 e. The van der Waals surface area contributed by atoms with E-state index in [0.29, 0.717) is 5.66 Å². The van der Waals surface area contributed by atoms with Crippen molar-refractivity contribution in [3.63, 3.8) is 0 Å². The Morgan fingerprint density at radius 3 is 1.67 bits per heavy atom. The fourth-order valence-corrected chi connectivity index (χ4v) is 4.34. The zero-order valence-corrected chi connectivity index (χ0v) is 10.9. The van der Waals surface area contributed by atoms with Crippen LogP contribution in [0.4, 0.5) is 0 Å². The summed E-state index contributed by atoms with van der Waals surface area (Å²) in [4.78, 5) is 0. The topological polar surface area (TPSA) is 27.7 Å². The Labute approximate surface area is 93.0 Å². The lowest BCUT2D eigenvalue weighted by atomic mass is 9.72. The van der Waals surface area contributed by atoms with Gasteiger partial charge < -0.3 is 14.2 Å². The van der Waals surface area contributed by atoms with Crippen LogP contribution in [0.5, 0.6) is 0 Å². The van der Waals surface area contributed by atoms with Crippen molar-refractivity contribution in [1.29, 1.82) is 0 Å². The van der Waals surface area contributed by atoms with Crippen LogP contribution in [-0.4, -0.2) is 28.4 Å². The molecule has 0 spiro atoms. The Balaban J connectivity index is 2.12. The van der Waals surface area contributed by atoms with E-state index in [9.17, 15) is 0 Å². The van der Waals surface area contributed by atoms with E-state index < -0.39 is 11.6 Å². The van der Waals surface area contributed by atoms with Gasteiger partial charge in [-0.1, -0.05) is 0 Å². The SMILES string of the molecule is CC12CC3(C)OC(C)(CC(C)(O1)C3P)O2. The van der Waals surface area contributed by atoms with Crippen molar-refractivity contribution in [3.8, 4) is 0 Å². The highest BCUT2D eigenvalue weighted by molar-refractivity contribution is 7.18. The van der Waals surface area contributed by atoms with Gasteiger partial charge in [0.15, 0.2) is 11.6 Å². The first-order valence-corrected chi connectivity index (χ1v) is 6.22. The number of hydrogen-bond donors (Lipinski definition) is 0. The van der Waals surface area contributed by atoms with E-state index in [1.165, 1.54) is 0 Å². The second kappa shape index (κ2) is 2.43. The van der Waals surface area contributed by atoms with Crippen LogP contribution in [0.1, 0.15) is 40.5 Å². The summed E-state index contributed by atoms with van der Waals surface area (Å²) in [7, 11) is 2.90. The highest BCUT2D eigenvalue weighted by Gasteiger charge is 2.69. The van der Waals surface area contributed by atoms with Crippen LogP contribution in [0, 0.1) is 0 Å². The highest BCUT2D eigenvalue weighted by atomic mass is 31.0. The Kier molecular flexibility index (Phi) is 1.69. The first-order valence-electron chi connectivity index (χ1n) is 5.55. The summed E-state index contributed by atoms with van der Waals surface area (Å²) in [6, 6.07) is 0. The van der Waals surface area contributed by atoms with E-state index in [4.69, 9.17) is 14.2 Å². The van der Waals surface area contributed by atoms with Crippen LogP contribution in [0.2, 0.25) is 0 Å². The molecule has 3 nitrogen and oxygen atoms in total. The summed E-state index contributed by atoms with van der Waals surface area (Å²) in [6.45, 7) is 8.40. The molecule has 15 heavy (non-hydrogen) atoms. The van der Waals surface area contributed by atoms with Crippen molar-refractivity contribution in [2.45, 2.75) is 69.0 Å². The lowest BCUT2D eigenvalue weighted by Crippen LogP contribution is -2.78. The van der Waals surface area contributed by atoms with Crippen LogP contribution in [-0.2, 0) is 14.2 Å². The Morgan fingerprint density at radius 1 is 0.867 bits per heavy atom. The fraction of sp³-hybridized carbons (Fsp3) is 1.00. The molecule has 4 bridgehead atoms. The van der Waals surface area contributed by atoms with Gasteiger partial charge in [-0.3, -0.25) is 0 Å². The normalized spacial score (nSPS) is 67.4. The standard InChI is InChI=1S/C11H19O3P/c1-8-5-10(3)13-9(2,7(8)15)6-11(4,12-8)14-10/h7H,5-6,15H2,1-4H3. The molecule has 5 atom stereocenters. The van der Waals surface area contributed by atoms with Crippen molar-refractivity contribution in [2.24, 2.45) is 0 Å². The first kappa shape index (κ1) is 10.5. The maximum atomic E-state index is 6.12. The molecule has 4 heteroatoms. The minimum Gasteiger partial charge on any atom is -0.343 e. The molecule has 0 saturated carbocycles. The van der Waals surface area contributed by atoms with Crippen LogP contribution in [0.25, 0.3) is 0 Å². The fourth-order valence-electron chi connectivity index (χ4n) is 3.97. The lowest BCUT2D eigenvalue weighted by Gasteiger charge is -2.69. The molecular weight excluding hydrogens is 211 g/mol. The Bertz CT molecular complexity index is 286. The van der Waals surface area contributed by atoms with Gasteiger partial charge in [0.2, 0.25) is 0 Å². The summed E-state index contributed by atoms with van der Waals surface area (Å²) < 4.78 is 18.2. The minimum atomic E-state index is -0.470. The monoisotopic (exact) mass is 230 g/mol. The van der Waals surface area contributed by atoms with Gasteiger partial charge in [-0.15, -0.1) is 9.24 Å². The molecular formula is C11H19O3P. The molecule has 4 rings (SSSR count). The van der Waals surface area contributed by atoms with E-state index >= 15 is 0 Å². The molecule has 4 aliphatic rings. The molecule has 4 aliphatic heterocycles. The van der Waals surface area contributed by atoms with E-state index in [1.807, 2.05) is 13.8 Å². The maximum absolute atomic E-state index is 6.12. The molecule has 0 aliphatic carbocycles. The van der Waals surface area contributed by atoms with Crippen LogP contribution >= 0.6 is 9.24 Å². The molecule has 5 unspecified atom stereocenters. The maximum Gasteiger partial charge on any atom is 0.172 e. The number of hydrogen-bond acceptors (Lipinski definition) is 3. The third kappa shape index (κ3) is 1.21. The molecule has 0 aromatic carbocycles. The van der Waals surface area contributed by atoms with Crippen molar-refractivity contribution < 1.29 is 14.2 Å². The number of rotatable bonds is 0. The van der Waals surface area contributed by atoms with Gasteiger partial charge in [-0.25, -0.2) is 0 Å². The second-order valence-electron chi connectivity index (χ2n) is 6.03. The van der Waals surface area contributed by atoms with E-state index in [-0.39, 0.29) is 11.2 Å². The highest BCUT2D eigenvalue weighted by Crippen LogP contribution is 2.61. The summed E-state index contributed by atoms with van der Waals surface area (Å²) in [5, 5.41) is 0. The Hall–Kier alpha value is 0.310. The van der Waals surface area contributed by atoms with Gasteiger partial charge in [-0.05, 0) is 27.7 Å². The summed E-state index contributed by atoms with van der Waals surface area (Å²) in [6.07, 6.45) is 1.61. The van der Waals surface area contributed by atoms with Crippen LogP contribution < -0.4 is 0 Å². The zero-order chi connectivity index (χ0) is 11.1. The van der Waals surface area contributed by atoms with Gasteiger partial charge in [-0.2, -0.15) is 0 Å². The predicted octanol–water partition coefficient (Wildman–Crippen LogP) is 2.05. The third-order valence-electron chi connectivity index (χ3n) is 3.99. The van der Waals surface area contributed by atoms with E-state index in [1.54, 1.807) is 0 Å². The second-order valence-corrected chi connectivity index (χ2v) is 6.70. The zero-order valence-electron chi connectivity index (χ0n) is 9.79. The molecule has 4 fully saturated rings. The van der Waals surface area contributed by atoms with Crippen molar-refractivity contribution in [3.05, 3.63) is 0 Å². The molecule has 0 amide bonds. The van der Waals surface area contributed by atoms with Crippen molar-refractivity contribution in [1.82, 2.24) is 0 Å². The van der Waals surface area contributed by atoms with Crippen LogP contribution in [0.15, 0.2) is 0 Å². The van der Waals surface area contributed by atoms with Gasteiger partial charge >= 0.3 is 0 Å². The average molecular weight is 230 g/mol. The molecule has 0 aromatic heterocycles. The predicted molar refractivity (Wildman–Crippen MR) is 59.6 cm³/mol. The third-order valence-corrected chi connectivity index (χ3v) is 5.40. The molecule has 4 heterocycles. The van der Waals surface area contributed by atoms with Gasteiger partial charge in [0.25, 0.3) is 0 Å². The minimum absolute atomic E-state index is 0.141. The lowest BCUT2D eigenvalue weighted by molar-refractivity contribution is -0.510. The van der Waals surface area contributed by atoms with Crippen molar-refractivity contribution in [2.75, 3.05) is 0 Å². The summed E-state index contributed by atoms with van der Waals surface area (Å²) >= 11 is 0.